The third kappa shape index (κ3) is 9.02. The minimum Gasteiger partial charge on any atom is -0.350 e. The fraction of sp³-hybridized carbons (Fsp3) is 0.481. The van der Waals surface area contributed by atoms with Crippen molar-refractivity contribution in [1.82, 2.24) is 10.2 Å². The van der Waals surface area contributed by atoms with Gasteiger partial charge in [0.2, 0.25) is 21.8 Å². The Morgan fingerprint density at radius 3 is 2.17 bits per heavy atom. The van der Waals surface area contributed by atoms with Crippen molar-refractivity contribution in [1.29, 1.82) is 0 Å². The van der Waals surface area contributed by atoms with E-state index in [4.69, 9.17) is 0 Å². The molecule has 192 valence electrons. The van der Waals surface area contributed by atoms with Gasteiger partial charge < -0.3 is 10.2 Å². The molecule has 2 aromatic rings. The van der Waals surface area contributed by atoms with E-state index in [1.807, 2.05) is 71.0 Å². The molecule has 0 bridgehead atoms. The molecule has 35 heavy (non-hydrogen) atoms. The van der Waals surface area contributed by atoms with Gasteiger partial charge in [0.05, 0.1) is 11.9 Å². The predicted octanol–water partition coefficient (Wildman–Crippen LogP) is 4.18. The van der Waals surface area contributed by atoms with Gasteiger partial charge >= 0.3 is 0 Å². The first-order valence-electron chi connectivity index (χ1n) is 11.9. The van der Waals surface area contributed by atoms with E-state index >= 15 is 0 Å². The molecule has 0 aliphatic heterocycles. The summed E-state index contributed by atoms with van der Waals surface area (Å²) in [7, 11) is -3.51. The maximum absolute atomic E-state index is 13.3. The highest BCUT2D eigenvalue weighted by Crippen LogP contribution is 2.20. The molecule has 2 amide bonds. The molecule has 0 heterocycles. The first kappa shape index (κ1) is 28.4. The van der Waals surface area contributed by atoms with Gasteiger partial charge in [0, 0.05) is 25.0 Å². The monoisotopic (exact) mass is 501 g/mol. The molecule has 8 heteroatoms. The Morgan fingerprint density at radius 1 is 1.00 bits per heavy atom. The molecule has 1 N–H and O–H groups in total. The number of hydrogen-bond donors (Lipinski definition) is 1. The van der Waals surface area contributed by atoms with Gasteiger partial charge in [-0.15, -0.1) is 0 Å². The summed E-state index contributed by atoms with van der Waals surface area (Å²) in [5.74, 6) is -0.420. The largest absolute Gasteiger partial charge is 0.350 e. The van der Waals surface area contributed by atoms with Crippen molar-refractivity contribution in [3.8, 4) is 0 Å². The number of carbonyl (C=O) groups is 2. The van der Waals surface area contributed by atoms with Crippen LogP contribution in [0.3, 0.4) is 0 Å². The number of benzene rings is 2. The van der Waals surface area contributed by atoms with E-state index in [0.717, 1.165) is 22.9 Å². The number of carbonyl (C=O) groups excluding carboxylic acids is 2. The summed E-state index contributed by atoms with van der Waals surface area (Å²) in [6.45, 7) is 11.8. The minimum absolute atomic E-state index is 0.122. The van der Waals surface area contributed by atoms with E-state index in [0.29, 0.717) is 18.7 Å². The lowest BCUT2D eigenvalue weighted by Crippen LogP contribution is -2.52. The van der Waals surface area contributed by atoms with Crippen LogP contribution in [0.25, 0.3) is 0 Å². The molecule has 2 rings (SSSR count). The molecule has 0 saturated heterocycles. The van der Waals surface area contributed by atoms with E-state index in [2.05, 4.69) is 5.32 Å². The standard InChI is InChI=1S/C27H39N3O4S/c1-20-13-15-24(16-14-20)30(35(7,33)34)17-9-12-25(31)29(19-23-11-8-10-21(2)18-23)22(3)26(32)28-27(4,5)6/h8,10-11,13-16,18,22H,9,12,17,19H2,1-7H3,(H,28,32). The van der Waals surface area contributed by atoms with Gasteiger partial charge in [0.25, 0.3) is 0 Å². The molecule has 1 atom stereocenters. The topological polar surface area (TPSA) is 86.8 Å². The Bertz CT molecular complexity index is 1120. The summed E-state index contributed by atoms with van der Waals surface area (Å²) in [4.78, 5) is 27.8. The third-order valence-electron chi connectivity index (χ3n) is 5.58. The van der Waals surface area contributed by atoms with Crippen LogP contribution in [0.4, 0.5) is 5.69 Å². The number of nitrogens with one attached hydrogen (secondary N) is 1. The number of rotatable bonds is 10. The normalized spacial score (nSPS) is 12.7. The van der Waals surface area contributed by atoms with Crippen LogP contribution in [0.1, 0.15) is 57.2 Å². The van der Waals surface area contributed by atoms with Crippen LogP contribution in [0.15, 0.2) is 48.5 Å². The molecule has 0 aromatic heterocycles. The molecule has 0 saturated carbocycles. The number of hydrogen-bond acceptors (Lipinski definition) is 4. The molecule has 2 aromatic carbocycles. The van der Waals surface area contributed by atoms with Gasteiger partial charge in [0.15, 0.2) is 0 Å². The molecule has 0 aliphatic rings. The first-order valence-corrected chi connectivity index (χ1v) is 13.7. The highest BCUT2D eigenvalue weighted by Gasteiger charge is 2.28. The molecule has 7 nitrogen and oxygen atoms in total. The zero-order valence-corrected chi connectivity index (χ0v) is 22.8. The van der Waals surface area contributed by atoms with Crippen molar-refractivity contribution in [2.45, 2.75) is 72.5 Å². The van der Waals surface area contributed by atoms with Crippen molar-refractivity contribution in [3.63, 3.8) is 0 Å². The summed E-state index contributed by atoms with van der Waals surface area (Å²) >= 11 is 0. The number of anilines is 1. The van der Waals surface area contributed by atoms with Gasteiger partial charge in [-0.3, -0.25) is 13.9 Å². The highest BCUT2D eigenvalue weighted by molar-refractivity contribution is 7.92. The summed E-state index contributed by atoms with van der Waals surface area (Å²) in [6.07, 6.45) is 1.62. The zero-order chi connectivity index (χ0) is 26.4. The molecule has 1 unspecified atom stereocenters. The summed E-state index contributed by atoms with van der Waals surface area (Å²) in [6, 6.07) is 14.4. The second-order valence-corrected chi connectivity index (χ2v) is 12.1. The van der Waals surface area contributed by atoms with Crippen LogP contribution >= 0.6 is 0 Å². The van der Waals surface area contributed by atoms with E-state index in [1.165, 1.54) is 4.31 Å². The third-order valence-corrected chi connectivity index (χ3v) is 6.77. The predicted molar refractivity (Wildman–Crippen MR) is 142 cm³/mol. The maximum atomic E-state index is 13.3. The molecular formula is C27H39N3O4S. The Hall–Kier alpha value is -2.87. The maximum Gasteiger partial charge on any atom is 0.242 e. The van der Waals surface area contributed by atoms with Crippen molar-refractivity contribution < 1.29 is 18.0 Å². The molecule has 0 spiro atoms. The zero-order valence-electron chi connectivity index (χ0n) is 22.0. The number of aryl methyl sites for hydroxylation is 2. The van der Waals surface area contributed by atoms with Gasteiger partial charge in [0.1, 0.15) is 6.04 Å². The van der Waals surface area contributed by atoms with Crippen LogP contribution in [-0.4, -0.2) is 49.5 Å². The smallest absolute Gasteiger partial charge is 0.242 e. The lowest BCUT2D eigenvalue weighted by molar-refractivity contribution is -0.141. The Morgan fingerprint density at radius 2 is 1.63 bits per heavy atom. The highest BCUT2D eigenvalue weighted by atomic mass is 32.2. The lowest BCUT2D eigenvalue weighted by atomic mass is 10.1. The van der Waals surface area contributed by atoms with Crippen LogP contribution in [-0.2, 0) is 26.2 Å². The van der Waals surface area contributed by atoms with Crippen molar-refractivity contribution in [2.75, 3.05) is 17.1 Å². The summed E-state index contributed by atoms with van der Waals surface area (Å²) < 4.78 is 26.1. The lowest BCUT2D eigenvalue weighted by Gasteiger charge is -2.32. The second kappa shape index (κ2) is 11.7. The molecular weight excluding hydrogens is 462 g/mol. The van der Waals surface area contributed by atoms with Crippen LogP contribution in [0.5, 0.6) is 0 Å². The molecule has 0 fully saturated rings. The Labute approximate surface area is 210 Å². The average molecular weight is 502 g/mol. The van der Waals surface area contributed by atoms with E-state index < -0.39 is 21.6 Å². The molecule has 0 radical (unpaired) electrons. The SMILES string of the molecule is Cc1ccc(N(CCCC(=O)N(Cc2cccc(C)c2)C(C)C(=O)NC(C)(C)C)S(C)(=O)=O)cc1. The second-order valence-electron chi connectivity index (χ2n) is 10.2. The number of nitrogens with zero attached hydrogens (tertiary/aromatic N) is 2. The van der Waals surface area contributed by atoms with Gasteiger partial charge in [-0.2, -0.15) is 0 Å². The van der Waals surface area contributed by atoms with Gasteiger partial charge in [-0.25, -0.2) is 8.42 Å². The van der Waals surface area contributed by atoms with Crippen molar-refractivity contribution in [2.24, 2.45) is 0 Å². The molecule has 0 aliphatic carbocycles. The van der Waals surface area contributed by atoms with Crippen LogP contribution in [0, 0.1) is 13.8 Å². The van der Waals surface area contributed by atoms with Crippen molar-refractivity contribution >= 4 is 27.5 Å². The Kier molecular flexibility index (Phi) is 9.49. The van der Waals surface area contributed by atoms with Gasteiger partial charge in [-0.05, 0) is 65.7 Å². The van der Waals surface area contributed by atoms with Crippen LogP contribution < -0.4 is 9.62 Å². The fourth-order valence-electron chi connectivity index (χ4n) is 3.78. The van der Waals surface area contributed by atoms with E-state index in [1.54, 1.807) is 24.0 Å². The first-order chi connectivity index (χ1) is 16.2. The fourth-order valence-corrected chi connectivity index (χ4v) is 4.74. The number of sulfonamides is 1. The minimum atomic E-state index is -3.51. The van der Waals surface area contributed by atoms with E-state index in [9.17, 15) is 18.0 Å². The number of amides is 2. The van der Waals surface area contributed by atoms with Gasteiger partial charge in [-0.1, -0.05) is 47.5 Å². The van der Waals surface area contributed by atoms with Crippen molar-refractivity contribution in [3.05, 3.63) is 65.2 Å². The summed E-state index contributed by atoms with van der Waals surface area (Å²) in [5, 5.41) is 2.95. The Balaban J connectivity index is 2.18. The summed E-state index contributed by atoms with van der Waals surface area (Å²) in [5.41, 5.74) is 3.19. The van der Waals surface area contributed by atoms with Crippen LogP contribution in [0.2, 0.25) is 0 Å². The van der Waals surface area contributed by atoms with E-state index in [-0.39, 0.29) is 24.8 Å². The quantitative estimate of drug-likeness (QED) is 0.529. The average Bonchev–Trinajstić information content (AvgIpc) is 2.73.